The summed E-state index contributed by atoms with van der Waals surface area (Å²) in [7, 11) is 4.30. The standard InChI is InChI=1S/C26H38N8O/c1-5-6-11-26(2,17-35)32-24-20-16-28-21(14-22(20)30-25(27)31-24)18-7-8-23(29-15-18)34-12-9-19(10-13-34)33(3)4/h7-8,14-16,19,35H,5-6,9-13,17H2,1-4H3,(H3,27,30,31,32)/t26-/m1/s1. The van der Waals surface area contributed by atoms with Gasteiger partial charge < -0.3 is 26.0 Å². The Morgan fingerprint density at radius 3 is 2.57 bits per heavy atom. The molecule has 4 N–H and O–H groups in total. The van der Waals surface area contributed by atoms with E-state index < -0.39 is 5.54 Å². The highest BCUT2D eigenvalue weighted by molar-refractivity contribution is 5.91. The average Bonchev–Trinajstić information content (AvgIpc) is 2.87. The number of aliphatic hydroxyl groups is 1. The number of pyridine rings is 2. The molecule has 3 aromatic rings. The van der Waals surface area contributed by atoms with Crippen LogP contribution in [-0.4, -0.2) is 75.3 Å². The number of rotatable bonds is 9. The zero-order chi connectivity index (χ0) is 25.0. The van der Waals surface area contributed by atoms with Crippen LogP contribution in [-0.2, 0) is 0 Å². The van der Waals surface area contributed by atoms with Crippen molar-refractivity contribution in [2.24, 2.45) is 0 Å². The highest BCUT2D eigenvalue weighted by atomic mass is 16.3. The zero-order valence-corrected chi connectivity index (χ0v) is 21.3. The first-order chi connectivity index (χ1) is 16.8. The number of hydrogen-bond donors (Lipinski definition) is 3. The van der Waals surface area contributed by atoms with Crippen LogP contribution in [0.25, 0.3) is 22.2 Å². The number of piperidine rings is 1. The van der Waals surface area contributed by atoms with Gasteiger partial charge in [0.05, 0.1) is 28.7 Å². The Hall–Kier alpha value is -3.04. The molecule has 0 aromatic carbocycles. The Labute approximate surface area is 207 Å². The lowest BCUT2D eigenvalue weighted by Gasteiger charge is -2.35. The summed E-state index contributed by atoms with van der Waals surface area (Å²) in [4.78, 5) is 22.9. The van der Waals surface area contributed by atoms with Crippen LogP contribution in [0.1, 0.15) is 46.0 Å². The summed E-state index contributed by atoms with van der Waals surface area (Å²) >= 11 is 0. The van der Waals surface area contributed by atoms with Crippen LogP contribution in [0.3, 0.4) is 0 Å². The molecule has 1 fully saturated rings. The van der Waals surface area contributed by atoms with Crippen molar-refractivity contribution in [3.8, 4) is 11.3 Å². The van der Waals surface area contributed by atoms with Crippen molar-refractivity contribution in [2.75, 3.05) is 49.7 Å². The molecule has 9 heteroatoms. The smallest absolute Gasteiger partial charge is 0.222 e. The van der Waals surface area contributed by atoms with Gasteiger partial charge in [0.15, 0.2) is 0 Å². The lowest BCUT2D eigenvalue weighted by molar-refractivity contribution is 0.212. The minimum Gasteiger partial charge on any atom is -0.394 e. The van der Waals surface area contributed by atoms with Gasteiger partial charge in [-0.15, -0.1) is 0 Å². The highest BCUT2D eigenvalue weighted by Crippen LogP contribution is 2.29. The van der Waals surface area contributed by atoms with Gasteiger partial charge in [0.1, 0.15) is 11.6 Å². The average molecular weight is 479 g/mol. The van der Waals surface area contributed by atoms with E-state index in [0.717, 1.165) is 67.7 Å². The number of nitrogens with zero attached hydrogens (tertiary/aromatic N) is 6. The maximum atomic E-state index is 10.00. The van der Waals surface area contributed by atoms with Gasteiger partial charge >= 0.3 is 0 Å². The third-order valence-corrected chi connectivity index (χ3v) is 7.01. The molecule has 9 nitrogen and oxygen atoms in total. The van der Waals surface area contributed by atoms with Crippen molar-refractivity contribution in [3.05, 3.63) is 30.6 Å². The molecule has 0 aliphatic carbocycles. The van der Waals surface area contributed by atoms with Crippen LogP contribution < -0.4 is 16.0 Å². The van der Waals surface area contributed by atoms with E-state index in [-0.39, 0.29) is 12.6 Å². The van der Waals surface area contributed by atoms with Crippen molar-refractivity contribution < 1.29 is 5.11 Å². The first kappa shape index (κ1) is 25.1. The quantitative estimate of drug-likeness (QED) is 0.424. The van der Waals surface area contributed by atoms with E-state index in [4.69, 9.17) is 10.7 Å². The number of aliphatic hydroxyl groups excluding tert-OH is 1. The molecular formula is C26H38N8O. The Balaban J connectivity index is 1.55. The first-order valence-electron chi connectivity index (χ1n) is 12.5. The SMILES string of the molecule is CCCC[C@](C)(CO)Nc1nc(N)nc2cc(-c3ccc(N4CCC(N(C)C)CC4)nc3)ncc12. The van der Waals surface area contributed by atoms with Gasteiger partial charge in [-0.05, 0) is 58.5 Å². The van der Waals surface area contributed by atoms with E-state index in [2.05, 4.69) is 63.2 Å². The Morgan fingerprint density at radius 2 is 1.94 bits per heavy atom. The van der Waals surface area contributed by atoms with Gasteiger partial charge in [0, 0.05) is 37.1 Å². The fraction of sp³-hybridized carbons (Fsp3) is 0.538. The second kappa shape index (κ2) is 10.7. The molecule has 35 heavy (non-hydrogen) atoms. The third kappa shape index (κ3) is 5.79. The minimum atomic E-state index is -0.497. The van der Waals surface area contributed by atoms with Gasteiger partial charge in [-0.3, -0.25) is 4.98 Å². The number of unbranched alkanes of at least 4 members (excludes halogenated alkanes) is 1. The number of nitrogens with two attached hydrogens (primary N) is 1. The van der Waals surface area contributed by atoms with Gasteiger partial charge in [0.25, 0.3) is 0 Å². The van der Waals surface area contributed by atoms with Gasteiger partial charge in [-0.1, -0.05) is 19.8 Å². The summed E-state index contributed by atoms with van der Waals surface area (Å²) < 4.78 is 0. The second-order valence-corrected chi connectivity index (χ2v) is 10.1. The number of nitrogen functional groups attached to an aromatic ring is 1. The second-order valence-electron chi connectivity index (χ2n) is 10.1. The Kier molecular flexibility index (Phi) is 7.66. The molecule has 188 valence electrons. The van der Waals surface area contributed by atoms with E-state index in [0.29, 0.717) is 17.4 Å². The fourth-order valence-corrected chi connectivity index (χ4v) is 4.67. The minimum absolute atomic E-state index is 0.00521. The lowest BCUT2D eigenvalue weighted by Crippen LogP contribution is -2.42. The van der Waals surface area contributed by atoms with E-state index in [1.807, 2.05) is 19.2 Å². The number of nitrogens with one attached hydrogen (secondary N) is 1. The largest absolute Gasteiger partial charge is 0.394 e. The summed E-state index contributed by atoms with van der Waals surface area (Å²) in [6, 6.07) is 6.69. The van der Waals surface area contributed by atoms with Gasteiger partial charge in [0.2, 0.25) is 5.95 Å². The van der Waals surface area contributed by atoms with E-state index in [9.17, 15) is 5.11 Å². The van der Waals surface area contributed by atoms with Crippen LogP contribution in [0.2, 0.25) is 0 Å². The predicted molar refractivity (Wildman–Crippen MR) is 143 cm³/mol. The fourth-order valence-electron chi connectivity index (χ4n) is 4.67. The molecule has 0 saturated carbocycles. The molecule has 0 amide bonds. The number of aromatic nitrogens is 4. The van der Waals surface area contributed by atoms with Crippen LogP contribution in [0.5, 0.6) is 0 Å². The normalized spacial score (nSPS) is 16.6. The molecular weight excluding hydrogens is 440 g/mol. The summed E-state index contributed by atoms with van der Waals surface area (Å²) in [5, 5.41) is 14.2. The molecule has 1 aliphatic heterocycles. The first-order valence-corrected chi connectivity index (χ1v) is 12.5. The number of fused-ring (bicyclic) bond motifs is 1. The Bertz CT molecular complexity index is 1130. The zero-order valence-electron chi connectivity index (χ0n) is 21.3. The lowest BCUT2D eigenvalue weighted by atomic mass is 9.95. The molecule has 0 radical (unpaired) electrons. The van der Waals surface area contributed by atoms with Crippen molar-refractivity contribution in [2.45, 2.75) is 57.5 Å². The summed E-state index contributed by atoms with van der Waals surface area (Å²) in [6.45, 7) is 6.15. The predicted octanol–water partition coefficient (Wildman–Crippen LogP) is 3.55. The summed E-state index contributed by atoms with van der Waals surface area (Å²) in [6.07, 6.45) is 8.81. The van der Waals surface area contributed by atoms with Crippen LogP contribution in [0.15, 0.2) is 30.6 Å². The number of anilines is 3. The molecule has 3 aromatic heterocycles. The van der Waals surface area contributed by atoms with Crippen LogP contribution in [0.4, 0.5) is 17.6 Å². The van der Waals surface area contributed by atoms with E-state index >= 15 is 0 Å². The van der Waals surface area contributed by atoms with Crippen molar-refractivity contribution in [1.82, 2.24) is 24.8 Å². The van der Waals surface area contributed by atoms with Gasteiger partial charge in [-0.2, -0.15) is 4.98 Å². The third-order valence-electron chi connectivity index (χ3n) is 7.01. The topological polar surface area (TPSA) is 116 Å². The van der Waals surface area contributed by atoms with Crippen LogP contribution >= 0.6 is 0 Å². The monoisotopic (exact) mass is 478 g/mol. The Morgan fingerprint density at radius 1 is 1.17 bits per heavy atom. The van der Waals surface area contributed by atoms with Gasteiger partial charge in [-0.25, -0.2) is 9.97 Å². The van der Waals surface area contributed by atoms with Crippen LogP contribution in [0, 0.1) is 0 Å². The highest BCUT2D eigenvalue weighted by Gasteiger charge is 2.25. The maximum absolute atomic E-state index is 10.00. The molecule has 1 atom stereocenters. The van der Waals surface area contributed by atoms with Crippen molar-refractivity contribution in [3.63, 3.8) is 0 Å². The molecule has 4 heterocycles. The van der Waals surface area contributed by atoms with E-state index in [1.54, 1.807) is 6.20 Å². The van der Waals surface area contributed by atoms with Crippen molar-refractivity contribution >= 4 is 28.5 Å². The maximum Gasteiger partial charge on any atom is 0.222 e. The molecule has 0 spiro atoms. The number of hydrogen-bond acceptors (Lipinski definition) is 9. The molecule has 1 saturated heterocycles. The summed E-state index contributed by atoms with van der Waals surface area (Å²) in [5.74, 6) is 1.77. The molecule has 4 rings (SSSR count). The molecule has 0 bridgehead atoms. The molecule has 1 aliphatic rings. The van der Waals surface area contributed by atoms with E-state index in [1.165, 1.54) is 0 Å². The summed E-state index contributed by atoms with van der Waals surface area (Å²) in [5.41, 5.74) is 7.95. The van der Waals surface area contributed by atoms with Crippen molar-refractivity contribution in [1.29, 1.82) is 0 Å². The molecule has 0 unspecified atom stereocenters.